The lowest BCUT2D eigenvalue weighted by molar-refractivity contribution is -0.142. The minimum Gasteiger partial charge on any atom is -0.497 e. The summed E-state index contributed by atoms with van der Waals surface area (Å²) < 4.78 is 54.1. The summed E-state index contributed by atoms with van der Waals surface area (Å²) >= 11 is 0. The predicted octanol–water partition coefficient (Wildman–Crippen LogP) is 4.66. The molecule has 0 radical (unpaired) electrons. The van der Waals surface area contributed by atoms with Crippen LogP contribution < -0.4 is 19.9 Å². The molecule has 36 heavy (non-hydrogen) atoms. The molecule has 1 atom stereocenters. The lowest BCUT2D eigenvalue weighted by Gasteiger charge is -2.32. The average Bonchev–Trinajstić information content (AvgIpc) is 2.90. The standard InChI is InChI=1S/C26H25F3N2O5/c1-34-21-12-4-17(5-13-21)16-23(25(33)36-3)31(20-10-14-22(35-2)15-11-20)30-24(32)18-6-8-19(9-7-18)26(27,28)29/h4-15,23H,16H2,1-3H3,(H,30,32)/t23-/m1/s1. The Morgan fingerprint density at radius 3 is 1.83 bits per heavy atom. The largest absolute Gasteiger partial charge is 0.497 e. The molecule has 10 heteroatoms. The number of esters is 1. The molecule has 0 aliphatic heterocycles. The van der Waals surface area contributed by atoms with Gasteiger partial charge in [-0.1, -0.05) is 12.1 Å². The number of carbonyl (C=O) groups is 2. The third kappa shape index (κ3) is 6.47. The summed E-state index contributed by atoms with van der Waals surface area (Å²) in [5.74, 6) is -0.147. The second-order valence-corrected chi connectivity index (χ2v) is 7.68. The number of methoxy groups -OCH3 is 3. The maximum Gasteiger partial charge on any atom is 0.416 e. The summed E-state index contributed by atoms with van der Waals surface area (Å²) in [6.45, 7) is 0. The number of hydrogen-bond donors (Lipinski definition) is 1. The van der Waals surface area contributed by atoms with Crippen molar-refractivity contribution in [1.82, 2.24) is 5.43 Å². The molecule has 0 aliphatic rings. The highest BCUT2D eigenvalue weighted by Gasteiger charge is 2.32. The number of carbonyl (C=O) groups excluding carboxylic acids is 2. The van der Waals surface area contributed by atoms with E-state index in [4.69, 9.17) is 14.2 Å². The zero-order chi connectivity index (χ0) is 26.3. The van der Waals surface area contributed by atoms with E-state index in [9.17, 15) is 22.8 Å². The number of halogens is 3. The molecule has 0 fully saturated rings. The van der Waals surface area contributed by atoms with Gasteiger partial charge in [-0.05, 0) is 66.2 Å². The monoisotopic (exact) mass is 502 g/mol. The Kier molecular flexibility index (Phi) is 8.42. The molecule has 3 aromatic carbocycles. The van der Waals surface area contributed by atoms with Crippen molar-refractivity contribution in [3.63, 3.8) is 0 Å². The molecule has 0 saturated carbocycles. The first-order chi connectivity index (χ1) is 17.2. The van der Waals surface area contributed by atoms with Crippen molar-refractivity contribution in [2.24, 2.45) is 0 Å². The van der Waals surface area contributed by atoms with Crippen molar-refractivity contribution in [1.29, 1.82) is 0 Å². The number of hydrogen-bond acceptors (Lipinski definition) is 6. The first-order valence-electron chi connectivity index (χ1n) is 10.8. The van der Waals surface area contributed by atoms with Crippen molar-refractivity contribution in [2.45, 2.75) is 18.6 Å². The summed E-state index contributed by atoms with van der Waals surface area (Å²) in [5.41, 5.74) is 2.94. The SMILES string of the molecule is COC(=O)[C@@H](Cc1ccc(OC)cc1)N(NC(=O)c1ccc(C(F)(F)F)cc1)c1ccc(OC)cc1. The Labute approximate surface area is 206 Å². The Hall–Kier alpha value is -4.21. The Bertz CT molecular complexity index is 1160. The van der Waals surface area contributed by atoms with Gasteiger partial charge in [0, 0.05) is 12.0 Å². The summed E-state index contributed by atoms with van der Waals surface area (Å²) in [6, 6.07) is 16.4. The van der Waals surface area contributed by atoms with Gasteiger partial charge in [-0.25, -0.2) is 4.79 Å². The van der Waals surface area contributed by atoms with Crippen molar-refractivity contribution in [2.75, 3.05) is 26.3 Å². The molecular formula is C26H25F3N2O5. The molecule has 0 aliphatic carbocycles. The van der Waals surface area contributed by atoms with Crippen molar-refractivity contribution in [3.05, 3.63) is 89.5 Å². The molecule has 0 spiro atoms. The first kappa shape index (κ1) is 26.4. The van der Waals surface area contributed by atoms with Crippen LogP contribution in [0.5, 0.6) is 11.5 Å². The Morgan fingerprint density at radius 1 is 0.833 bits per heavy atom. The van der Waals surface area contributed by atoms with E-state index in [1.807, 2.05) is 0 Å². The summed E-state index contributed by atoms with van der Waals surface area (Å²) in [5, 5.41) is 1.33. The molecule has 0 aromatic heterocycles. The number of alkyl halides is 3. The van der Waals surface area contributed by atoms with Crippen molar-refractivity contribution >= 4 is 17.6 Å². The average molecular weight is 502 g/mol. The number of nitrogens with zero attached hydrogens (tertiary/aromatic N) is 1. The zero-order valence-corrected chi connectivity index (χ0v) is 19.8. The first-order valence-corrected chi connectivity index (χ1v) is 10.8. The number of amides is 1. The van der Waals surface area contributed by atoms with Crippen LogP contribution in [0.15, 0.2) is 72.8 Å². The van der Waals surface area contributed by atoms with Crippen molar-refractivity contribution < 1.29 is 37.0 Å². The van der Waals surface area contributed by atoms with Crippen LogP contribution >= 0.6 is 0 Å². The van der Waals surface area contributed by atoms with Gasteiger partial charge in [0.05, 0.1) is 32.6 Å². The third-order valence-electron chi connectivity index (χ3n) is 5.42. The molecule has 190 valence electrons. The number of rotatable bonds is 9. The molecule has 0 heterocycles. The van der Waals surface area contributed by atoms with E-state index < -0.39 is 29.7 Å². The van der Waals surface area contributed by atoms with Gasteiger partial charge < -0.3 is 14.2 Å². The van der Waals surface area contributed by atoms with Gasteiger partial charge in [-0.15, -0.1) is 0 Å². The maximum absolute atomic E-state index is 13.0. The van der Waals surface area contributed by atoms with E-state index in [1.54, 1.807) is 48.5 Å². The van der Waals surface area contributed by atoms with Gasteiger partial charge in [-0.3, -0.25) is 15.2 Å². The van der Waals surface area contributed by atoms with Crippen LogP contribution in [0.25, 0.3) is 0 Å². The molecular weight excluding hydrogens is 477 g/mol. The number of hydrazine groups is 1. The minimum atomic E-state index is -4.53. The van der Waals surface area contributed by atoms with E-state index in [0.717, 1.165) is 29.8 Å². The number of ether oxygens (including phenoxy) is 3. The van der Waals surface area contributed by atoms with E-state index in [1.165, 1.54) is 26.3 Å². The fourth-order valence-electron chi connectivity index (χ4n) is 3.45. The van der Waals surface area contributed by atoms with Crippen LogP contribution in [0.2, 0.25) is 0 Å². The number of anilines is 1. The lowest BCUT2D eigenvalue weighted by atomic mass is 10.0. The van der Waals surface area contributed by atoms with E-state index in [0.29, 0.717) is 17.2 Å². The minimum absolute atomic E-state index is 0.0189. The van der Waals surface area contributed by atoms with Crippen LogP contribution in [0.3, 0.4) is 0 Å². The fraction of sp³-hybridized carbons (Fsp3) is 0.231. The maximum atomic E-state index is 13.0. The summed E-state index contributed by atoms with van der Waals surface area (Å²) in [7, 11) is 4.27. The van der Waals surface area contributed by atoms with E-state index in [2.05, 4.69) is 5.43 Å². The molecule has 0 bridgehead atoms. The Balaban J connectivity index is 1.96. The van der Waals surface area contributed by atoms with Crippen LogP contribution in [0.4, 0.5) is 18.9 Å². The van der Waals surface area contributed by atoms with E-state index in [-0.39, 0.29) is 12.0 Å². The van der Waals surface area contributed by atoms with E-state index >= 15 is 0 Å². The van der Waals surface area contributed by atoms with Gasteiger partial charge in [0.1, 0.15) is 11.5 Å². The lowest BCUT2D eigenvalue weighted by Crippen LogP contribution is -2.53. The topological polar surface area (TPSA) is 77.1 Å². The molecule has 3 rings (SSSR count). The van der Waals surface area contributed by atoms with Crippen LogP contribution in [-0.2, 0) is 22.1 Å². The van der Waals surface area contributed by atoms with Gasteiger partial charge in [0.25, 0.3) is 5.91 Å². The highest BCUT2D eigenvalue weighted by atomic mass is 19.4. The normalized spacial score (nSPS) is 11.8. The van der Waals surface area contributed by atoms with Gasteiger partial charge in [0.15, 0.2) is 6.04 Å². The molecule has 1 N–H and O–H groups in total. The van der Waals surface area contributed by atoms with Crippen LogP contribution in [0, 0.1) is 0 Å². The number of benzene rings is 3. The number of nitrogens with one attached hydrogen (secondary N) is 1. The zero-order valence-electron chi connectivity index (χ0n) is 19.8. The smallest absolute Gasteiger partial charge is 0.416 e. The van der Waals surface area contributed by atoms with Gasteiger partial charge in [-0.2, -0.15) is 13.2 Å². The molecule has 7 nitrogen and oxygen atoms in total. The highest BCUT2D eigenvalue weighted by Crippen LogP contribution is 2.29. The van der Waals surface area contributed by atoms with Crippen LogP contribution in [-0.4, -0.2) is 39.2 Å². The predicted molar refractivity (Wildman–Crippen MR) is 127 cm³/mol. The van der Waals surface area contributed by atoms with Crippen molar-refractivity contribution in [3.8, 4) is 11.5 Å². The summed E-state index contributed by atoms with van der Waals surface area (Å²) in [4.78, 5) is 25.9. The third-order valence-corrected chi connectivity index (χ3v) is 5.42. The summed E-state index contributed by atoms with van der Waals surface area (Å²) in [6.07, 6.45) is -4.38. The van der Waals surface area contributed by atoms with Gasteiger partial charge in [0.2, 0.25) is 0 Å². The molecule has 3 aromatic rings. The fourth-order valence-corrected chi connectivity index (χ4v) is 3.45. The van der Waals surface area contributed by atoms with Gasteiger partial charge >= 0.3 is 12.1 Å². The Morgan fingerprint density at radius 2 is 1.36 bits per heavy atom. The van der Waals surface area contributed by atoms with Crippen LogP contribution in [0.1, 0.15) is 21.5 Å². The quantitative estimate of drug-likeness (QED) is 0.339. The molecule has 0 saturated heterocycles. The highest BCUT2D eigenvalue weighted by molar-refractivity contribution is 5.96. The second-order valence-electron chi connectivity index (χ2n) is 7.68. The molecule has 0 unspecified atom stereocenters. The molecule has 1 amide bonds. The second kappa shape index (κ2) is 11.5.